The minimum absolute atomic E-state index is 0.0650. The van der Waals surface area contributed by atoms with Gasteiger partial charge in [-0.1, -0.05) is 42.5 Å². The molecule has 3 aromatic rings. The van der Waals surface area contributed by atoms with E-state index in [1.165, 1.54) is 6.33 Å². The van der Waals surface area contributed by atoms with Gasteiger partial charge in [-0.2, -0.15) is 5.10 Å². The number of rotatable bonds is 6. The van der Waals surface area contributed by atoms with E-state index in [0.29, 0.717) is 32.6 Å². The van der Waals surface area contributed by atoms with Gasteiger partial charge in [0.05, 0.1) is 13.0 Å². The average Bonchev–Trinajstić information content (AvgIpc) is 3.32. The van der Waals surface area contributed by atoms with Crippen molar-refractivity contribution in [1.82, 2.24) is 25.0 Å². The zero-order chi connectivity index (χ0) is 22.5. The van der Waals surface area contributed by atoms with Gasteiger partial charge in [-0.3, -0.25) is 14.7 Å². The molecule has 1 atom stereocenters. The van der Waals surface area contributed by atoms with E-state index in [1.54, 1.807) is 12.0 Å². The number of hydrogen-bond acceptors (Lipinski definition) is 5. The molecule has 0 radical (unpaired) electrons. The van der Waals surface area contributed by atoms with E-state index in [1.807, 2.05) is 60.4 Å². The second-order valence-electron chi connectivity index (χ2n) is 7.76. The molecule has 8 nitrogen and oxygen atoms in total. The first-order valence-electron chi connectivity index (χ1n) is 10.8. The van der Waals surface area contributed by atoms with Crippen LogP contribution in [-0.2, 0) is 11.2 Å². The molecule has 0 saturated carbocycles. The van der Waals surface area contributed by atoms with Crippen molar-refractivity contribution in [2.45, 2.75) is 13.3 Å². The maximum atomic E-state index is 13.3. The van der Waals surface area contributed by atoms with Crippen molar-refractivity contribution in [3.05, 3.63) is 66.2 Å². The maximum absolute atomic E-state index is 13.3. The standard InChI is InChI=1S/C24H27N5O3/c1-3-28-12-13-29(24(31)22-25-16-26-27-22)15-18(23(28)30)14-17-8-4-5-9-19(17)20-10-6-7-11-21(20)32-2/h4-11,16,18H,3,12-15H2,1-2H3,(H,25,26,27)/t18-/m1/s1. The van der Waals surface area contributed by atoms with Crippen molar-refractivity contribution in [3.63, 3.8) is 0 Å². The van der Waals surface area contributed by atoms with Gasteiger partial charge in [0.25, 0.3) is 5.91 Å². The Morgan fingerprint density at radius 1 is 1.12 bits per heavy atom. The van der Waals surface area contributed by atoms with Crippen LogP contribution in [0.3, 0.4) is 0 Å². The predicted octanol–water partition coefficient (Wildman–Crippen LogP) is 2.64. The van der Waals surface area contributed by atoms with Crippen LogP contribution in [0.5, 0.6) is 5.75 Å². The van der Waals surface area contributed by atoms with Gasteiger partial charge in [-0.15, -0.1) is 0 Å². The number of nitrogens with zero attached hydrogens (tertiary/aromatic N) is 4. The number of carbonyl (C=O) groups excluding carboxylic acids is 2. The molecular weight excluding hydrogens is 406 g/mol. The maximum Gasteiger partial charge on any atom is 0.291 e. The molecule has 1 fully saturated rings. The second-order valence-corrected chi connectivity index (χ2v) is 7.76. The second kappa shape index (κ2) is 9.64. The van der Waals surface area contributed by atoms with Crippen molar-refractivity contribution in [3.8, 4) is 16.9 Å². The molecule has 4 rings (SSSR count). The number of methoxy groups -OCH3 is 1. The Hall–Kier alpha value is -3.68. The van der Waals surface area contributed by atoms with Crippen LogP contribution >= 0.6 is 0 Å². The van der Waals surface area contributed by atoms with Crippen LogP contribution < -0.4 is 4.74 Å². The van der Waals surface area contributed by atoms with Gasteiger partial charge in [-0.25, -0.2) is 4.98 Å². The summed E-state index contributed by atoms with van der Waals surface area (Å²) >= 11 is 0. The van der Waals surface area contributed by atoms with Gasteiger partial charge >= 0.3 is 0 Å². The van der Waals surface area contributed by atoms with Crippen molar-refractivity contribution < 1.29 is 14.3 Å². The summed E-state index contributed by atoms with van der Waals surface area (Å²) in [5, 5.41) is 6.42. The molecule has 1 N–H and O–H groups in total. The topological polar surface area (TPSA) is 91.4 Å². The smallest absolute Gasteiger partial charge is 0.291 e. The fourth-order valence-corrected chi connectivity index (χ4v) is 4.25. The Morgan fingerprint density at radius 3 is 2.59 bits per heavy atom. The first kappa shape index (κ1) is 21.5. The van der Waals surface area contributed by atoms with Crippen LogP contribution in [0, 0.1) is 5.92 Å². The minimum atomic E-state index is -0.361. The SMILES string of the molecule is CCN1CCN(C(=O)c2ncn[nH]2)C[C@@H](Cc2ccccc2-c2ccccc2OC)C1=O. The van der Waals surface area contributed by atoms with Crippen molar-refractivity contribution in [2.75, 3.05) is 33.3 Å². The first-order chi connectivity index (χ1) is 15.6. The first-order valence-corrected chi connectivity index (χ1v) is 10.8. The summed E-state index contributed by atoms with van der Waals surface area (Å²) in [7, 11) is 1.66. The van der Waals surface area contributed by atoms with Gasteiger partial charge < -0.3 is 14.5 Å². The van der Waals surface area contributed by atoms with Crippen molar-refractivity contribution in [1.29, 1.82) is 0 Å². The number of H-pyrrole nitrogens is 1. The quantitative estimate of drug-likeness (QED) is 0.645. The zero-order valence-corrected chi connectivity index (χ0v) is 18.3. The largest absolute Gasteiger partial charge is 0.496 e. The number of nitrogens with one attached hydrogen (secondary N) is 1. The molecule has 0 unspecified atom stereocenters. The lowest BCUT2D eigenvalue weighted by Crippen LogP contribution is -2.38. The molecule has 2 heterocycles. The third kappa shape index (κ3) is 4.34. The Balaban J connectivity index is 1.66. The van der Waals surface area contributed by atoms with Crippen molar-refractivity contribution >= 4 is 11.8 Å². The molecular formula is C24H27N5O3. The molecule has 1 saturated heterocycles. The Morgan fingerprint density at radius 2 is 1.88 bits per heavy atom. The fraction of sp³-hybridized carbons (Fsp3) is 0.333. The number of hydrogen-bond donors (Lipinski definition) is 1. The molecule has 1 aliphatic rings. The number of amides is 2. The van der Waals surface area contributed by atoms with Crippen LogP contribution in [0.25, 0.3) is 11.1 Å². The van der Waals surface area contributed by atoms with E-state index in [0.717, 1.165) is 22.4 Å². The van der Waals surface area contributed by atoms with Gasteiger partial charge in [-0.05, 0) is 30.5 Å². The van der Waals surface area contributed by atoms with E-state index < -0.39 is 0 Å². The Bertz CT molecular complexity index is 1080. The lowest BCUT2D eigenvalue weighted by molar-refractivity contribution is -0.134. The normalized spacial score (nSPS) is 16.7. The molecule has 166 valence electrons. The number of para-hydroxylation sites is 1. The number of ether oxygens (including phenoxy) is 1. The Kier molecular flexibility index (Phi) is 6.49. The number of benzene rings is 2. The van der Waals surface area contributed by atoms with E-state index in [2.05, 4.69) is 15.2 Å². The van der Waals surface area contributed by atoms with Gasteiger partial charge in [0.1, 0.15) is 12.1 Å². The highest BCUT2D eigenvalue weighted by molar-refractivity contribution is 5.91. The summed E-state index contributed by atoms with van der Waals surface area (Å²) in [6, 6.07) is 15.9. The summed E-state index contributed by atoms with van der Waals surface area (Å²) in [5.74, 6) is 0.437. The van der Waals surface area contributed by atoms with Crippen LogP contribution in [0.4, 0.5) is 0 Å². The van der Waals surface area contributed by atoms with Gasteiger partial charge in [0.2, 0.25) is 11.7 Å². The molecule has 1 aromatic heterocycles. The number of likely N-dealkylation sites (N-methyl/N-ethyl adjacent to an activating group) is 1. The molecule has 1 aliphatic heterocycles. The van der Waals surface area contributed by atoms with Crippen molar-refractivity contribution in [2.24, 2.45) is 5.92 Å². The molecule has 8 heteroatoms. The van der Waals surface area contributed by atoms with Crippen LogP contribution in [0.15, 0.2) is 54.9 Å². The van der Waals surface area contributed by atoms with E-state index in [9.17, 15) is 9.59 Å². The molecule has 2 aromatic carbocycles. The molecule has 0 spiro atoms. The average molecular weight is 434 g/mol. The predicted molar refractivity (Wildman–Crippen MR) is 120 cm³/mol. The number of carbonyl (C=O) groups is 2. The third-order valence-electron chi connectivity index (χ3n) is 5.91. The monoisotopic (exact) mass is 433 g/mol. The fourth-order valence-electron chi connectivity index (χ4n) is 4.25. The summed E-state index contributed by atoms with van der Waals surface area (Å²) in [6.45, 7) is 3.86. The van der Waals surface area contributed by atoms with Gasteiger partial charge in [0, 0.05) is 31.7 Å². The lowest BCUT2D eigenvalue weighted by atomic mass is 9.91. The number of aromatic nitrogens is 3. The van der Waals surface area contributed by atoms with E-state index in [-0.39, 0.29) is 23.6 Å². The zero-order valence-electron chi connectivity index (χ0n) is 18.3. The highest BCUT2D eigenvalue weighted by Crippen LogP contribution is 2.33. The lowest BCUT2D eigenvalue weighted by Gasteiger charge is -2.24. The van der Waals surface area contributed by atoms with Crippen LogP contribution in [0.1, 0.15) is 23.1 Å². The summed E-state index contributed by atoms with van der Waals surface area (Å²) in [6.07, 6.45) is 1.83. The van der Waals surface area contributed by atoms with Crippen LogP contribution in [-0.4, -0.2) is 70.1 Å². The third-order valence-corrected chi connectivity index (χ3v) is 5.91. The Labute approximate surface area is 187 Å². The molecule has 2 amide bonds. The summed E-state index contributed by atoms with van der Waals surface area (Å²) < 4.78 is 5.57. The summed E-state index contributed by atoms with van der Waals surface area (Å²) in [4.78, 5) is 33.8. The van der Waals surface area contributed by atoms with E-state index in [4.69, 9.17) is 4.74 Å². The number of aromatic amines is 1. The van der Waals surface area contributed by atoms with E-state index >= 15 is 0 Å². The van der Waals surface area contributed by atoms with Gasteiger partial charge in [0.15, 0.2) is 0 Å². The summed E-state index contributed by atoms with van der Waals surface area (Å²) in [5.41, 5.74) is 3.05. The molecule has 0 aliphatic carbocycles. The highest BCUT2D eigenvalue weighted by atomic mass is 16.5. The minimum Gasteiger partial charge on any atom is -0.496 e. The molecule has 0 bridgehead atoms. The highest BCUT2D eigenvalue weighted by Gasteiger charge is 2.33. The van der Waals surface area contributed by atoms with Crippen LogP contribution in [0.2, 0.25) is 0 Å². The molecule has 32 heavy (non-hydrogen) atoms.